The monoisotopic (exact) mass is 330 g/mol. The molecule has 0 saturated heterocycles. The number of hydrogen-bond acceptors (Lipinski definition) is 3. The van der Waals surface area contributed by atoms with Gasteiger partial charge in [0.25, 0.3) is 0 Å². The van der Waals surface area contributed by atoms with Gasteiger partial charge in [0.15, 0.2) is 0 Å². The fourth-order valence-corrected chi connectivity index (χ4v) is 2.41. The lowest BCUT2D eigenvalue weighted by molar-refractivity contribution is 0.306. The largest absolute Gasteiger partial charge is 0.489 e. The molecule has 0 amide bonds. The van der Waals surface area contributed by atoms with E-state index in [1.165, 1.54) is 0 Å². The van der Waals surface area contributed by atoms with Gasteiger partial charge in [0.1, 0.15) is 18.2 Å². The molecule has 2 aromatic carbocycles. The molecule has 1 heterocycles. The number of nitrogens with one attached hydrogen (secondary N) is 1. The highest BCUT2D eigenvalue weighted by Crippen LogP contribution is 2.19. The van der Waals surface area contributed by atoms with E-state index in [0.717, 1.165) is 40.3 Å². The maximum Gasteiger partial charge on any atom is 0.128 e. The maximum absolute atomic E-state index is 5.84. The molecule has 4 heteroatoms. The van der Waals surface area contributed by atoms with E-state index >= 15 is 0 Å². The van der Waals surface area contributed by atoms with Crippen LogP contribution in [0.3, 0.4) is 0 Å². The Bertz CT molecular complexity index is 623. The van der Waals surface area contributed by atoms with Crippen molar-refractivity contribution in [1.82, 2.24) is 5.32 Å². The fraction of sp³-hybridized carbons (Fsp3) is 0.188. The van der Waals surface area contributed by atoms with Crippen molar-refractivity contribution in [3.05, 3.63) is 64.1 Å². The van der Waals surface area contributed by atoms with Crippen LogP contribution in [-0.2, 0) is 6.61 Å². The average molecular weight is 331 g/mol. The minimum Gasteiger partial charge on any atom is -0.489 e. The molecule has 2 aromatic rings. The summed E-state index contributed by atoms with van der Waals surface area (Å²) in [6.07, 6.45) is 0. The van der Waals surface area contributed by atoms with E-state index in [0.29, 0.717) is 6.61 Å². The van der Waals surface area contributed by atoms with Gasteiger partial charge < -0.3 is 10.1 Å². The Kier molecular flexibility index (Phi) is 4.02. The number of benzene rings is 2. The van der Waals surface area contributed by atoms with Crippen LogP contribution in [0, 0.1) is 0 Å². The zero-order chi connectivity index (χ0) is 13.8. The predicted octanol–water partition coefficient (Wildman–Crippen LogP) is 3.38. The second-order valence-electron chi connectivity index (χ2n) is 4.56. The molecule has 0 fully saturated rings. The highest BCUT2D eigenvalue weighted by atomic mass is 79.9. The molecule has 102 valence electrons. The van der Waals surface area contributed by atoms with Gasteiger partial charge in [-0.3, -0.25) is 4.99 Å². The first-order chi connectivity index (χ1) is 9.83. The summed E-state index contributed by atoms with van der Waals surface area (Å²) in [7, 11) is 0. The third-order valence-electron chi connectivity index (χ3n) is 3.15. The second-order valence-corrected chi connectivity index (χ2v) is 5.47. The highest BCUT2D eigenvalue weighted by Gasteiger charge is 2.12. The number of rotatable bonds is 4. The van der Waals surface area contributed by atoms with Crippen LogP contribution in [0.4, 0.5) is 0 Å². The van der Waals surface area contributed by atoms with Crippen LogP contribution in [0.15, 0.2) is 58.0 Å². The zero-order valence-corrected chi connectivity index (χ0v) is 12.6. The van der Waals surface area contributed by atoms with E-state index in [-0.39, 0.29) is 0 Å². The van der Waals surface area contributed by atoms with Gasteiger partial charge in [0.2, 0.25) is 0 Å². The third-order valence-corrected chi connectivity index (χ3v) is 3.68. The number of ether oxygens (including phenoxy) is 1. The average Bonchev–Trinajstić information content (AvgIpc) is 3.01. The van der Waals surface area contributed by atoms with Gasteiger partial charge in [0.05, 0.1) is 6.54 Å². The molecule has 0 unspecified atom stereocenters. The van der Waals surface area contributed by atoms with Crippen molar-refractivity contribution in [3.8, 4) is 5.75 Å². The highest BCUT2D eigenvalue weighted by molar-refractivity contribution is 9.10. The first-order valence-electron chi connectivity index (χ1n) is 6.58. The standard InChI is InChI=1S/C16H15BrN2O/c17-13-5-7-14(8-6-13)20-11-12-3-1-2-4-15(12)16-18-9-10-19-16/h1-8H,9-11H2,(H,18,19). The molecule has 0 spiro atoms. The summed E-state index contributed by atoms with van der Waals surface area (Å²) >= 11 is 3.42. The molecule has 0 aliphatic carbocycles. The molecular formula is C16H15BrN2O. The van der Waals surface area contributed by atoms with Gasteiger partial charge in [-0.25, -0.2) is 0 Å². The number of nitrogens with zero attached hydrogens (tertiary/aromatic N) is 1. The maximum atomic E-state index is 5.84. The van der Waals surface area contributed by atoms with Gasteiger partial charge in [-0.2, -0.15) is 0 Å². The summed E-state index contributed by atoms with van der Waals surface area (Å²) in [5.41, 5.74) is 2.27. The minimum atomic E-state index is 0.540. The fourth-order valence-electron chi connectivity index (χ4n) is 2.15. The Hall–Kier alpha value is -1.81. The van der Waals surface area contributed by atoms with Crippen LogP contribution in [0.1, 0.15) is 11.1 Å². The van der Waals surface area contributed by atoms with Crippen LogP contribution < -0.4 is 10.1 Å². The van der Waals surface area contributed by atoms with Crippen molar-refractivity contribution in [2.75, 3.05) is 13.1 Å². The molecule has 0 aromatic heterocycles. The third kappa shape index (κ3) is 3.02. The summed E-state index contributed by atoms with van der Waals surface area (Å²) < 4.78 is 6.89. The molecule has 0 atom stereocenters. The Balaban J connectivity index is 1.75. The Morgan fingerprint density at radius 2 is 1.90 bits per heavy atom. The number of aliphatic imine (C=N–C) groups is 1. The van der Waals surface area contributed by atoms with E-state index in [4.69, 9.17) is 4.74 Å². The van der Waals surface area contributed by atoms with Gasteiger partial charge >= 0.3 is 0 Å². The molecule has 1 N–H and O–H groups in total. The summed E-state index contributed by atoms with van der Waals surface area (Å²) in [6.45, 7) is 2.30. The molecule has 1 aliphatic heterocycles. The van der Waals surface area contributed by atoms with Gasteiger partial charge in [-0.15, -0.1) is 0 Å². The van der Waals surface area contributed by atoms with E-state index < -0.39 is 0 Å². The topological polar surface area (TPSA) is 33.6 Å². The Morgan fingerprint density at radius 3 is 2.65 bits per heavy atom. The van der Waals surface area contributed by atoms with Crippen LogP contribution in [0.25, 0.3) is 0 Å². The van der Waals surface area contributed by atoms with Crippen LogP contribution in [-0.4, -0.2) is 18.9 Å². The van der Waals surface area contributed by atoms with Crippen molar-refractivity contribution in [1.29, 1.82) is 0 Å². The number of amidine groups is 1. The van der Waals surface area contributed by atoms with Crippen molar-refractivity contribution >= 4 is 21.8 Å². The molecular weight excluding hydrogens is 316 g/mol. The minimum absolute atomic E-state index is 0.540. The SMILES string of the molecule is Brc1ccc(OCc2ccccc2C2=NCCN2)cc1. The summed E-state index contributed by atoms with van der Waals surface area (Å²) in [5, 5.41) is 3.31. The first-order valence-corrected chi connectivity index (χ1v) is 7.37. The quantitative estimate of drug-likeness (QED) is 0.932. The zero-order valence-electron chi connectivity index (χ0n) is 11.0. The number of halogens is 1. The lowest BCUT2D eigenvalue weighted by atomic mass is 10.1. The van der Waals surface area contributed by atoms with E-state index in [2.05, 4.69) is 38.4 Å². The summed E-state index contributed by atoms with van der Waals surface area (Å²) in [4.78, 5) is 4.48. The number of hydrogen-bond donors (Lipinski definition) is 1. The van der Waals surface area contributed by atoms with E-state index in [1.54, 1.807) is 0 Å². The molecule has 0 bridgehead atoms. The lowest BCUT2D eigenvalue weighted by Crippen LogP contribution is -2.21. The van der Waals surface area contributed by atoms with Crippen molar-refractivity contribution in [3.63, 3.8) is 0 Å². The summed E-state index contributed by atoms with van der Waals surface area (Å²) in [6, 6.07) is 16.1. The molecule has 1 aliphatic rings. The van der Waals surface area contributed by atoms with Crippen molar-refractivity contribution in [2.45, 2.75) is 6.61 Å². The van der Waals surface area contributed by atoms with Gasteiger partial charge in [-0.05, 0) is 24.3 Å². The normalized spacial score (nSPS) is 13.8. The Labute approximate surface area is 126 Å². The second kappa shape index (κ2) is 6.09. The van der Waals surface area contributed by atoms with E-state index in [9.17, 15) is 0 Å². The van der Waals surface area contributed by atoms with Crippen molar-refractivity contribution < 1.29 is 4.74 Å². The van der Waals surface area contributed by atoms with Crippen LogP contribution >= 0.6 is 15.9 Å². The summed E-state index contributed by atoms with van der Waals surface area (Å²) in [5.74, 6) is 1.84. The van der Waals surface area contributed by atoms with Crippen LogP contribution in [0.5, 0.6) is 5.75 Å². The molecule has 0 saturated carbocycles. The molecule has 0 radical (unpaired) electrons. The smallest absolute Gasteiger partial charge is 0.128 e. The van der Waals surface area contributed by atoms with Gasteiger partial charge in [0, 0.05) is 22.1 Å². The predicted molar refractivity (Wildman–Crippen MR) is 84.3 cm³/mol. The molecule has 3 rings (SSSR count). The van der Waals surface area contributed by atoms with Gasteiger partial charge in [-0.1, -0.05) is 40.2 Å². The van der Waals surface area contributed by atoms with Crippen molar-refractivity contribution in [2.24, 2.45) is 4.99 Å². The molecule has 3 nitrogen and oxygen atoms in total. The van der Waals surface area contributed by atoms with E-state index in [1.807, 2.05) is 36.4 Å². The molecule has 20 heavy (non-hydrogen) atoms. The van der Waals surface area contributed by atoms with Crippen LogP contribution in [0.2, 0.25) is 0 Å². The lowest BCUT2D eigenvalue weighted by Gasteiger charge is -2.11. The Morgan fingerprint density at radius 1 is 1.10 bits per heavy atom. The first kappa shape index (κ1) is 13.2.